The van der Waals surface area contributed by atoms with Gasteiger partial charge in [0.2, 0.25) is 0 Å². The Morgan fingerprint density at radius 2 is 1.33 bits per heavy atom. The van der Waals surface area contributed by atoms with E-state index in [-0.39, 0.29) is 34.3 Å². The molecule has 8 atom stereocenters. The van der Waals surface area contributed by atoms with Crippen LogP contribution in [-0.4, -0.2) is 22.8 Å². The van der Waals surface area contributed by atoms with Crippen molar-refractivity contribution in [3.05, 3.63) is 51.3 Å². The number of alkyl halides is 2. The molecule has 1 aromatic heterocycles. The van der Waals surface area contributed by atoms with Gasteiger partial charge in [0, 0.05) is 19.7 Å². The van der Waals surface area contributed by atoms with Crippen molar-refractivity contribution in [1.82, 2.24) is 13.9 Å². The summed E-state index contributed by atoms with van der Waals surface area (Å²) in [5.41, 5.74) is 1.03. The molecular formula is C20H19I2N3O2. The van der Waals surface area contributed by atoms with Crippen LogP contribution in [0, 0.1) is 34.5 Å². The second kappa shape index (κ2) is 4.76. The van der Waals surface area contributed by atoms with E-state index in [1.165, 1.54) is 17.4 Å². The Bertz CT molecular complexity index is 1050. The molecule has 1 aromatic carbocycles. The van der Waals surface area contributed by atoms with Crippen LogP contribution in [-0.2, 0) is 0 Å². The van der Waals surface area contributed by atoms with Gasteiger partial charge in [0.05, 0.1) is 17.8 Å². The normalized spacial score (nSPS) is 45.9. The molecule has 4 aliphatic carbocycles. The van der Waals surface area contributed by atoms with Gasteiger partial charge >= 0.3 is 11.4 Å². The Kier molecular flexibility index (Phi) is 2.86. The van der Waals surface area contributed by atoms with Gasteiger partial charge in [0.25, 0.3) is 0 Å². The first kappa shape index (κ1) is 16.2. The summed E-state index contributed by atoms with van der Waals surface area (Å²) < 4.78 is 7.55. The van der Waals surface area contributed by atoms with Crippen LogP contribution in [0.3, 0.4) is 0 Å². The lowest BCUT2D eigenvalue weighted by atomic mass is 9.69. The number of benzene rings is 1. The molecule has 2 unspecified atom stereocenters. The second-order valence-electron chi connectivity index (χ2n) is 8.98. The van der Waals surface area contributed by atoms with Crippen molar-refractivity contribution in [3.8, 4) is 5.69 Å². The van der Waals surface area contributed by atoms with Gasteiger partial charge in [-0.15, -0.1) is 0 Å². The Morgan fingerprint density at radius 1 is 0.815 bits per heavy atom. The third-order valence-electron chi connectivity index (χ3n) is 8.82. The zero-order valence-corrected chi connectivity index (χ0v) is 18.9. The molecule has 2 bridgehead atoms. The highest BCUT2D eigenvalue weighted by Gasteiger charge is 3.02. The Labute approximate surface area is 183 Å². The van der Waals surface area contributed by atoms with Crippen molar-refractivity contribution in [1.29, 1.82) is 0 Å². The molecule has 3 heterocycles. The molecule has 140 valence electrons. The molecule has 0 radical (unpaired) electrons. The van der Waals surface area contributed by atoms with Gasteiger partial charge in [-0.3, -0.25) is 0 Å². The maximum atomic E-state index is 13.5. The maximum Gasteiger partial charge on any atom is 0.352 e. The number of halogens is 2. The lowest BCUT2D eigenvalue weighted by Crippen LogP contribution is -2.53. The predicted molar refractivity (Wildman–Crippen MR) is 118 cm³/mol. The molecule has 2 aromatic rings. The largest absolute Gasteiger partial charge is 0.352 e. The topological polar surface area (TPSA) is 48.9 Å². The van der Waals surface area contributed by atoms with Crippen LogP contribution in [0.1, 0.15) is 24.9 Å². The van der Waals surface area contributed by atoms with E-state index in [1.54, 1.807) is 0 Å². The molecule has 0 N–H and O–H groups in total. The van der Waals surface area contributed by atoms with E-state index in [9.17, 15) is 9.59 Å². The molecule has 7 heteroatoms. The molecule has 4 fully saturated rings. The average Bonchev–Trinajstić information content (AvgIpc) is 3.40. The third-order valence-corrected chi connectivity index (χ3v) is 9.90. The fraction of sp³-hybridized carbons (Fsp3) is 0.600. The van der Waals surface area contributed by atoms with Crippen LogP contribution in [0.25, 0.3) is 5.69 Å². The van der Waals surface area contributed by atoms with Crippen LogP contribution >= 0.6 is 45.2 Å². The third kappa shape index (κ3) is 1.38. The van der Waals surface area contributed by atoms with E-state index in [1.807, 2.05) is 39.7 Å². The summed E-state index contributed by atoms with van der Waals surface area (Å²) in [6.45, 7) is 0. The molecule has 6 aliphatic rings. The summed E-state index contributed by atoms with van der Waals surface area (Å²) in [6.07, 6.45) is 2.40. The average molecular weight is 587 g/mol. The molecule has 4 saturated carbocycles. The van der Waals surface area contributed by atoms with Gasteiger partial charge in [-0.1, -0.05) is 63.4 Å². The summed E-state index contributed by atoms with van der Waals surface area (Å²) >= 11 is 5.01. The summed E-state index contributed by atoms with van der Waals surface area (Å²) in [7, 11) is 0. The van der Waals surface area contributed by atoms with Crippen molar-refractivity contribution in [2.45, 2.75) is 24.9 Å². The Balaban J connectivity index is 1.52. The fourth-order valence-corrected chi connectivity index (χ4v) is 10.4. The van der Waals surface area contributed by atoms with Gasteiger partial charge in [0.15, 0.2) is 0 Å². The molecule has 8 rings (SSSR count). The lowest BCUT2D eigenvalue weighted by molar-refractivity contribution is -0.00254. The molecule has 27 heavy (non-hydrogen) atoms. The minimum absolute atomic E-state index is 0.117. The smallest absolute Gasteiger partial charge is 0.245 e. The van der Waals surface area contributed by atoms with Gasteiger partial charge in [-0.2, -0.15) is 0 Å². The molecule has 2 aliphatic heterocycles. The number of aromatic nitrogens is 3. The van der Waals surface area contributed by atoms with Crippen LogP contribution < -0.4 is 11.4 Å². The first-order valence-corrected chi connectivity index (χ1v) is 12.9. The van der Waals surface area contributed by atoms with E-state index in [0.717, 1.165) is 20.7 Å². The number of nitrogens with zero attached hydrogens (tertiary/aromatic N) is 3. The van der Waals surface area contributed by atoms with Crippen molar-refractivity contribution in [3.63, 3.8) is 0 Å². The fourth-order valence-electron chi connectivity index (χ4n) is 8.57. The standard InChI is InChI=1S/C20H19I2N3O2/c21-8-6-19-14-11-12-13(11)16(20(14,19)7-9-22)25-18(27)23(10-4-2-1-3-5-10)17(26)24(25)15(12)19/h1-5,11-16H,6-9H2/t11?,12-,13+,14?,15-,16-,19+,20+/m1/s1. The molecule has 0 amide bonds. The Morgan fingerprint density at radius 3 is 1.81 bits per heavy atom. The van der Waals surface area contributed by atoms with Gasteiger partial charge in [0.1, 0.15) is 0 Å². The summed E-state index contributed by atoms with van der Waals surface area (Å²) in [5, 5.41) is 0. The number of hydrogen-bond acceptors (Lipinski definition) is 2. The van der Waals surface area contributed by atoms with E-state index >= 15 is 0 Å². The predicted octanol–water partition coefficient (Wildman–Crippen LogP) is 3.04. The highest BCUT2D eigenvalue weighted by atomic mass is 127. The minimum Gasteiger partial charge on any atom is -0.245 e. The maximum absolute atomic E-state index is 13.5. The highest BCUT2D eigenvalue weighted by Crippen LogP contribution is 3.03. The van der Waals surface area contributed by atoms with Gasteiger partial charge in [-0.05, 0) is 48.6 Å². The summed E-state index contributed by atoms with van der Waals surface area (Å²) in [4.78, 5) is 26.9. The van der Waals surface area contributed by atoms with Crippen molar-refractivity contribution in [2.24, 2.45) is 34.5 Å². The van der Waals surface area contributed by atoms with Crippen molar-refractivity contribution >= 4 is 45.2 Å². The van der Waals surface area contributed by atoms with Crippen molar-refractivity contribution in [2.75, 3.05) is 8.86 Å². The quantitative estimate of drug-likeness (QED) is 0.400. The summed E-state index contributed by atoms with van der Waals surface area (Å²) in [6, 6.07) is 9.95. The van der Waals surface area contributed by atoms with Gasteiger partial charge in [-0.25, -0.2) is 23.5 Å². The molecular weight excluding hydrogens is 568 g/mol. The van der Waals surface area contributed by atoms with Crippen molar-refractivity contribution < 1.29 is 0 Å². The number of rotatable bonds is 5. The van der Waals surface area contributed by atoms with Crippen LogP contribution in [0.4, 0.5) is 0 Å². The monoisotopic (exact) mass is 587 g/mol. The first-order chi connectivity index (χ1) is 13.2. The second-order valence-corrected chi connectivity index (χ2v) is 11.1. The lowest BCUT2D eigenvalue weighted by Gasteiger charge is -2.48. The van der Waals surface area contributed by atoms with Crippen LogP contribution in [0.5, 0.6) is 0 Å². The molecule has 5 nitrogen and oxygen atoms in total. The Hall–Kier alpha value is -0.580. The first-order valence-electron chi connectivity index (χ1n) is 9.80. The molecule has 0 saturated heterocycles. The van der Waals surface area contributed by atoms with E-state index in [0.29, 0.717) is 17.5 Å². The number of para-hydroxylation sites is 1. The van der Waals surface area contributed by atoms with E-state index < -0.39 is 0 Å². The zero-order chi connectivity index (χ0) is 18.3. The number of hydrogen-bond donors (Lipinski definition) is 0. The van der Waals surface area contributed by atoms with E-state index in [4.69, 9.17) is 0 Å². The molecule has 0 spiro atoms. The zero-order valence-electron chi connectivity index (χ0n) is 14.6. The minimum atomic E-state index is -0.117. The van der Waals surface area contributed by atoms with E-state index in [2.05, 4.69) is 45.2 Å². The van der Waals surface area contributed by atoms with Crippen LogP contribution in [0.2, 0.25) is 0 Å². The van der Waals surface area contributed by atoms with Crippen LogP contribution in [0.15, 0.2) is 39.9 Å². The van der Waals surface area contributed by atoms with Gasteiger partial charge < -0.3 is 0 Å². The highest BCUT2D eigenvalue weighted by molar-refractivity contribution is 14.1. The summed E-state index contributed by atoms with van der Waals surface area (Å²) in [5.74, 6) is 2.85. The SMILES string of the molecule is O=c1n(-c2ccccc2)c(=O)n2n1[C@@H]1[C@@H]3C4C5[C@]1(CCI)[C@]5(CCI)[C@H]2[C@@H]43.